The summed E-state index contributed by atoms with van der Waals surface area (Å²) in [5.74, 6) is 1.38. The summed E-state index contributed by atoms with van der Waals surface area (Å²) in [4.78, 5) is 4.13. The van der Waals surface area contributed by atoms with Gasteiger partial charge >= 0.3 is 0 Å². The molecule has 0 saturated carbocycles. The van der Waals surface area contributed by atoms with Crippen LogP contribution in [0.3, 0.4) is 0 Å². The fourth-order valence-electron chi connectivity index (χ4n) is 2.03. The van der Waals surface area contributed by atoms with Gasteiger partial charge in [-0.25, -0.2) is 4.98 Å². The number of methoxy groups -OCH3 is 2. The minimum atomic E-state index is -0.571. The number of pyridine rings is 1. The maximum absolute atomic E-state index is 10.1. The van der Waals surface area contributed by atoms with Crippen LogP contribution in [0.1, 0.15) is 17.2 Å². The summed E-state index contributed by atoms with van der Waals surface area (Å²) in [6.45, 7) is 1.04. The van der Waals surface area contributed by atoms with Crippen LogP contribution in [-0.2, 0) is 6.54 Å². The Morgan fingerprint density at radius 3 is 2.57 bits per heavy atom. The highest BCUT2D eigenvalue weighted by Gasteiger charge is 2.08. The van der Waals surface area contributed by atoms with Gasteiger partial charge in [0.2, 0.25) is 5.88 Å². The Bertz CT molecular complexity index is 558. The normalized spacial score (nSPS) is 12.0. The first-order valence-corrected chi connectivity index (χ1v) is 6.75. The van der Waals surface area contributed by atoms with Crippen LogP contribution < -0.4 is 14.8 Å². The molecule has 2 N–H and O–H groups in total. The molecule has 0 spiro atoms. The molecule has 0 aliphatic carbocycles. The van der Waals surface area contributed by atoms with Gasteiger partial charge in [-0.1, -0.05) is 18.2 Å². The van der Waals surface area contributed by atoms with Gasteiger partial charge in [0, 0.05) is 24.8 Å². The van der Waals surface area contributed by atoms with Crippen molar-refractivity contribution in [3.63, 3.8) is 0 Å². The second-order valence-corrected chi connectivity index (χ2v) is 4.59. The first-order valence-electron chi connectivity index (χ1n) is 6.75. The van der Waals surface area contributed by atoms with Crippen LogP contribution >= 0.6 is 0 Å². The predicted octanol–water partition coefficient (Wildman–Crippen LogP) is 1.92. The van der Waals surface area contributed by atoms with Crippen molar-refractivity contribution in [2.24, 2.45) is 0 Å². The second kappa shape index (κ2) is 7.61. The lowest BCUT2D eigenvalue weighted by Crippen LogP contribution is -2.21. The zero-order valence-electron chi connectivity index (χ0n) is 12.2. The van der Waals surface area contributed by atoms with Gasteiger partial charge in [-0.2, -0.15) is 0 Å². The molecule has 1 aromatic carbocycles. The summed E-state index contributed by atoms with van der Waals surface area (Å²) in [7, 11) is 3.21. The van der Waals surface area contributed by atoms with Gasteiger partial charge in [-0.15, -0.1) is 0 Å². The summed E-state index contributed by atoms with van der Waals surface area (Å²) in [5.41, 5.74) is 1.81. The van der Waals surface area contributed by atoms with Gasteiger partial charge < -0.3 is 19.9 Å². The average molecular weight is 288 g/mol. The van der Waals surface area contributed by atoms with E-state index in [1.54, 1.807) is 20.4 Å². The summed E-state index contributed by atoms with van der Waals surface area (Å²) in [5, 5.41) is 13.3. The van der Waals surface area contributed by atoms with E-state index in [0.29, 0.717) is 19.0 Å². The number of nitrogens with one attached hydrogen (secondary N) is 1. The molecule has 21 heavy (non-hydrogen) atoms. The number of rotatable bonds is 7. The van der Waals surface area contributed by atoms with Crippen LogP contribution in [-0.4, -0.2) is 30.9 Å². The fraction of sp³-hybridized carbons (Fsp3) is 0.312. The Labute approximate surface area is 124 Å². The molecule has 0 aliphatic rings. The molecular formula is C16H20N2O3. The number of hydrogen-bond acceptors (Lipinski definition) is 5. The van der Waals surface area contributed by atoms with E-state index in [0.717, 1.165) is 16.9 Å². The smallest absolute Gasteiger partial charge is 0.217 e. The molecule has 0 amide bonds. The van der Waals surface area contributed by atoms with Crippen molar-refractivity contribution in [2.75, 3.05) is 20.8 Å². The number of ether oxygens (including phenoxy) is 2. The highest BCUT2D eigenvalue weighted by molar-refractivity contribution is 5.29. The lowest BCUT2D eigenvalue weighted by atomic mass is 10.1. The third-order valence-electron chi connectivity index (χ3n) is 3.20. The topological polar surface area (TPSA) is 63.6 Å². The molecule has 0 saturated heterocycles. The van der Waals surface area contributed by atoms with Crippen LogP contribution in [0.25, 0.3) is 0 Å². The van der Waals surface area contributed by atoms with Crippen molar-refractivity contribution in [2.45, 2.75) is 12.6 Å². The van der Waals surface area contributed by atoms with Crippen molar-refractivity contribution >= 4 is 0 Å². The molecule has 0 aliphatic heterocycles. The monoisotopic (exact) mass is 288 g/mol. The number of aliphatic hydroxyl groups excluding tert-OH is 1. The Balaban J connectivity index is 1.87. The molecule has 0 fully saturated rings. The molecule has 2 aromatic rings. The number of hydrogen-bond donors (Lipinski definition) is 2. The minimum Gasteiger partial charge on any atom is -0.497 e. The second-order valence-electron chi connectivity index (χ2n) is 4.59. The van der Waals surface area contributed by atoms with E-state index in [1.165, 1.54) is 0 Å². The summed E-state index contributed by atoms with van der Waals surface area (Å²) in [6, 6.07) is 11.2. The third kappa shape index (κ3) is 4.18. The first-order chi connectivity index (χ1) is 10.2. The molecule has 112 valence electrons. The molecular weight excluding hydrogens is 268 g/mol. The van der Waals surface area contributed by atoms with Gasteiger partial charge in [0.15, 0.2) is 0 Å². The third-order valence-corrected chi connectivity index (χ3v) is 3.20. The SMILES string of the molecule is COc1ccc(C(O)CNCc2cccnc2OC)cc1. The number of aromatic nitrogens is 1. The zero-order valence-corrected chi connectivity index (χ0v) is 12.2. The quantitative estimate of drug-likeness (QED) is 0.815. The molecule has 0 radical (unpaired) electrons. The average Bonchev–Trinajstić information content (AvgIpc) is 2.55. The Kier molecular flexibility index (Phi) is 5.54. The first kappa shape index (κ1) is 15.3. The summed E-state index contributed by atoms with van der Waals surface area (Å²) in [6.07, 6.45) is 1.12. The fourth-order valence-corrected chi connectivity index (χ4v) is 2.03. The largest absolute Gasteiger partial charge is 0.497 e. The highest BCUT2D eigenvalue weighted by Crippen LogP contribution is 2.17. The number of benzene rings is 1. The van der Waals surface area contributed by atoms with Gasteiger partial charge in [-0.3, -0.25) is 0 Å². The Morgan fingerprint density at radius 1 is 1.14 bits per heavy atom. The number of nitrogens with zero attached hydrogens (tertiary/aromatic N) is 1. The van der Waals surface area contributed by atoms with Crippen LogP contribution in [0.2, 0.25) is 0 Å². The van der Waals surface area contributed by atoms with Crippen LogP contribution in [0, 0.1) is 0 Å². The van der Waals surface area contributed by atoms with Gasteiger partial charge in [0.1, 0.15) is 5.75 Å². The molecule has 1 aromatic heterocycles. The van der Waals surface area contributed by atoms with E-state index in [2.05, 4.69) is 10.3 Å². The Morgan fingerprint density at radius 2 is 1.90 bits per heavy atom. The van der Waals surface area contributed by atoms with Gasteiger partial charge in [0.25, 0.3) is 0 Å². The minimum absolute atomic E-state index is 0.449. The van der Waals surface area contributed by atoms with Crippen molar-refractivity contribution in [3.8, 4) is 11.6 Å². The predicted molar refractivity (Wildman–Crippen MR) is 80.4 cm³/mol. The van der Waals surface area contributed by atoms with E-state index in [-0.39, 0.29) is 0 Å². The summed E-state index contributed by atoms with van der Waals surface area (Å²) >= 11 is 0. The van der Waals surface area contributed by atoms with Crippen molar-refractivity contribution in [1.82, 2.24) is 10.3 Å². The van der Waals surface area contributed by atoms with Crippen LogP contribution in [0.5, 0.6) is 11.6 Å². The molecule has 1 unspecified atom stereocenters. The van der Waals surface area contributed by atoms with Crippen LogP contribution in [0.4, 0.5) is 0 Å². The Hall–Kier alpha value is -2.11. The molecule has 2 rings (SSSR count). The number of aliphatic hydroxyl groups is 1. The molecule has 1 atom stereocenters. The van der Waals surface area contributed by atoms with Crippen molar-refractivity contribution in [3.05, 3.63) is 53.7 Å². The van der Waals surface area contributed by atoms with E-state index < -0.39 is 6.10 Å². The van der Waals surface area contributed by atoms with Crippen LogP contribution in [0.15, 0.2) is 42.6 Å². The molecule has 5 heteroatoms. The van der Waals surface area contributed by atoms with E-state index >= 15 is 0 Å². The highest BCUT2D eigenvalue weighted by atomic mass is 16.5. The maximum Gasteiger partial charge on any atom is 0.217 e. The van der Waals surface area contributed by atoms with E-state index in [1.807, 2.05) is 36.4 Å². The molecule has 1 heterocycles. The standard InChI is InChI=1S/C16H20N2O3/c1-20-14-7-5-12(6-8-14)15(19)11-17-10-13-4-3-9-18-16(13)21-2/h3-9,15,17,19H,10-11H2,1-2H3. The van der Waals surface area contributed by atoms with Gasteiger partial charge in [-0.05, 0) is 23.8 Å². The molecule has 0 bridgehead atoms. The lowest BCUT2D eigenvalue weighted by molar-refractivity contribution is 0.174. The maximum atomic E-state index is 10.1. The van der Waals surface area contributed by atoms with Crippen molar-refractivity contribution < 1.29 is 14.6 Å². The summed E-state index contributed by atoms with van der Waals surface area (Å²) < 4.78 is 10.3. The van der Waals surface area contributed by atoms with E-state index in [4.69, 9.17) is 9.47 Å². The zero-order chi connectivity index (χ0) is 15.1. The van der Waals surface area contributed by atoms with Crippen molar-refractivity contribution in [1.29, 1.82) is 0 Å². The van der Waals surface area contributed by atoms with E-state index in [9.17, 15) is 5.11 Å². The van der Waals surface area contributed by atoms with Gasteiger partial charge in [0.05, 0.1) is 20.3 Å². The molecule has 5 nitrogen and oxygen atoms in total. The lowest BCUT2D eigenvalue weighted by Gasteiger charge is -2.13.